The van der Waals surface area contributed by atoms with Crippen molar-refractivity contribution in [2.45, 2.75) is 12.1 Å². The van der Waals surface area contributed by atoms with Crippen molar-refractivity contribution < 1.29 is 13.2 Å². The lowest BCUT2D eigenvalue weighted by molar-refractivity contribution is 0.0938. The third-order valence-corrected chi connectivity index (χ3v) is 4.51. The Morgan fingerprint density at radius 2 is 1.88 bits per heavy atom. The smallest absolute Gasteiger partial charge is 0.251 e. The van der Waals surface area contributed by atoms with Crippen LogP contribution < -0.4 is 11.1 Å². The number of benzene rings is 1. The van der Waals surface area contributed by atoms with Gasteiger partial charge in [0.2, 0.25) is 0 Å². The molecule has 1 aromatic rings. The molecule has 1 amide bonds. The van der Waals surface area contributed by atoms with E-state index in [0.717, 1.165) is 0 Å². The molecule has 1 aromatic carbocycles. The first kappa shape index (κ1) is 12.1. The Labute approximate surface area is 99.9 Å². The zero-order valence-electron chi connectivity index (χ0n) is 9.17. The highest BCUT2D eigenvalue weighted by molar-refractivity contribution is 7.91. The fraction of sp³-hybridized carbons (Fsp3) is 0.364. The molecule has 2 rings (SSSR count). The number of hydrogen-bond acceptors (Lipinski definition) is 4. The molecule has 3 N–H and O–H groups in total. The lowest BCUT2D eigenvalue weighted by atomic mass is 10.1. The Balaban J connectivity index is 2.06. The van der Waals surface area contributed by atoms with Crippen LogP contribution in [0.2, 0.25) is 0 Å². The van der Waals surface area contributed by atoms with Crippen molar-refractivity contribution in [1.82, 2.24) is 5.32 Å². The van der Waals surface area contributed by atoms with E-state index in [1.165, 1.54) is 0 Å². The molecule has 0 radical (unpaired) electrons. The van der Waals surface area contributed by atoms with Crippen LogP contribution in [-0.2, 0) is 9.84 Å². The molecule has 2 atom stereocenters. The van der Waals surface area contributed by atoms with Gasteiger partial charge in [0.05, 0.1) is 17.5 Å². The molecule has 0 aromatic heterocycles. The minimum Gasteiger partial charge on any atom is -0.347 e. The summed E-state index contributed by atoms with van der Waals surface area (Å²) < 4.78 is 22.7. The van der Waals surface area contributed by atoms with Crippen LogP contribution >= 0.6 is 0 Å². The standard InChI is InChI=1S/C11H14N2O3S/c12-9-6-17(15,16)7-10(9)13-11(14)8-4-2-1-3-5-8/h1-5,9-10H,6-7,12H2,(H,13,14)/t9-,10-/m1/s1. The fourth-order valence-corrected chi connectivity index (χ4v) is 3.70. The summed E-state index contributed by atoms with van der Waals surface area (Å²) in [6.45, 7) is 0. The zero-order chi connectivity index (χ0) is 12.5. The summed E-state index contributed by atoms with van der Waals surface area (Å²) in [5.41, 5.74) is 6.19. The molecule has 1 saturated heterocycles. The summed E-state index contributed by atoms with van der Waals surface area (Å²) >= 11 is 0. The van der Waals surface area contributed by atoms with Gasteiger partial charge < -0.3 is 11.1 Å². The quantitative estimate of drug-likeness (QED) is 0.747. The van der Waals surface area contributed by atoms with Gasteiger partial charge in [0.25, 0.3) is 5.91 Å². The molecule has 0 bridgehead atoms. The molecule has 1 heterocycles. The second kappa shape index (κ2) is 4.46. The van der Waals surface area contributed by atoms with E-state index in [4.69, 9.17) is 5.73 Å². The molecule has 92 valence electrons. The van der Waals surface area contributed by atoms with Crippen molar-refractivity contribution in [1.29, 1.82) is 0 Å². The summed E-state index contributed by atoms with van der Waals surface area (Å²) in [4.78, 5) is 11.8. The number of carbonyl (C=O) groups excluding carboxylic acids is 1. The molecule has 5 nitrogen and oxygen atoms in total. The second-order valence-corrected chi connectivity index (χ2v) is 6.34. The van der Waals surface area contributed by atoms with Crippen molar-refractivity contribution in [2.24, 2.45) is 5.73 Å². The molecule has 17 heavy (non-hydrogen) atoms. The van der Waals surface area contributed by atoms with Crippen LogP contribution in [0.25, 0.3) is 0 Å². The Morgan fingerprint density at radius 1 is 1.24 bits per heavy atom. The van der Waals surface area contributed by atoms with E-state index in [1.807, 2.05) is 6.07 Å². The minimum absolute atomic E-state index is 0.0628. The third-order valence-electron chi connectivity index (χ3n) is 2.75. The molecule has 1 aliphatic heterocycles. The molecule has 1 aliphatic rings. The summed E-state index contributed by atoms with van der Waals surface area (Å²) in [5, 5.41) is 2.66. The molecule has 0 saturated carbocycles. The van der Waals surface area contributed by atoms with Gasteiger partial charge in [-0.1, -0.05) is 18.2 Å². The Bertz CT molecular complexity index is 513. The summed E-state index contributed by atoms with van der Waals surface area (Å²) in [7, 11) is -3.11. The van der Waals surface area contributed by atoms with Crippen LogP contribution in [0.3, 0.4) is 0 Å². The van der Waals surface area contributed by atoms with E-state index in [9.17, 15) is 13.2 Å². The van der Waals surface area contributed by atoms with E-state index in [-0.39, 0.29) is 17.4 Å². The maximum atomic E-state index is 11.8. The number of amides is 1. The SMILES string of the molecule is N[C@@H]1CS(=O)(=O)C[C@H]1NC(=O)c1ccccc1. The van der Waals surface area contributed by atoms with Gasteiger partial charge in [-0.15, -0.1) is 0 Å². The average molecular weight is 254 g/mol. The van der Waals surface area contributed by atoms with Crippen LogP contribution in [0.4, 0.5) is 0 Å². The fourth-order valence-electron chi connectivity index (χ4n) is 1.86. The first-order valence-corrected chi connectivity index (χ1v) is 7.12. The van der Waals surface area contributed by atoms with Gasteiger partial charge in [0, 0.05) is 11.6 Å². The van der Waals surface area contributed by atoms with Crippen molar-refractivity contribution >= 4 is 15.7 Å². The third kappa shape index (κ3) is 2.83. The van der Waals surface area contributed by atoms with Gasteiger partial charge in [-0.05, 0) is 12.1 Å². The number of rotatable bonds is 2. The van der Waals surface area contributed by atoms with Crippen LogP contribution in [-0.4, -0.2) is 37.9 Å². The lowest BCUT2D eigenvalue weighted by Gasteiger charge is -2.15. The number of carbonyl (C=O) groups is 1. The molecule has 6 heteroatoms. The second-order valence-electron chi connectivity index (χ2n) is 4.19. The lowest BCUT2D eigenvalue weighted by Crippen LogP contribution is -2.46. The van der Waals surface area contributed by atoms with Gasteiger partial charge >= 0.3 is 0 Å². The highest BCUT2D eigenvalue weighted by Crippen LogP contribution is 2.11. The Hall–Kier alpha value is -1.40. The van der Waals surface area contributed by atoms with Crippen LogP contribution in [0.5, 0.6) is 0 Å². The molecule has 0 aliphatic carbocycles. The molecule has 0 spiro atoms. The molecular formula is C11H14N2O3S. The van der Waals surface area contributed by atoms with E-state index < -0.39 is 21.9 Å². The highest BCUT2D eigenvalue weighted by atomic mass is 32.2. The van der Waals surface area contributed by atoms with Crippen molar-refractivity contribution in [3.8, 4) is 0 Å². The predicted molar refractivity (Wildman–Crippen MR) is 64.3 cm³/mol. The molecule has 0 unspecified atom stereocenters. The maximum Gasteiger partial charge on any atom is 0.251 e. The molecular weight excluding hydrogens is 240 g/mol. The normalized spacial score (nSPS) is 26.6. The number of nitrogens with two attached hydrogens (primary N) is 1. The van der Waals surface area contributed by atoms with Crippen molar-refractivity contribution in [2.75, 3.05) is 11.5 Å². The van der Waals surface area contributed by atoms with E-state index >= 15 is 0 Å². The van der Waals surface area contributed by atoms with Crippen LogP contribution in [0.1, 0.15) is 10.4 Å². The van der Waals surface area contributed by atoms with E-state index in [2.05, 4.69) is 5.32 Å². The summed E-state index contributed by atoms with van der Waals surface area (Å²) in [6, 6.07) is 7.64. The number of sulfone groups is 1. The largest absolute Gasteiger partial charge is 0.347 e. The van der Waals surface area contributed by atoms with Crippen molar-refractivity contribution in [3.05, 3.63) is 35.9 Å². The maximum absolute atomic E-state index is 11.8. The van der Waals surface area contributed by atoms with Crippen LogP contribution in [0, 0.1) is 0 Å². The van der Waals surface area contributed by atoms with E-state index in [0.29, 0.717) is 5.56 Å². The minimum atomic E-state index is -3.11. The van der Waals surface area contributed by atoms with Gasteiger partial charge in [0.15, 0.2) is 9.84 Å². The topological polar surface area (TPSA) is 89.3 Å². The Morgan fingerprint density at radius 3 is 2.41 bits per heavy atom. The van der Waals surface area contributed by atoms with Gasteiger partial charge in [-0.2, -0.15) is 0 Å². The average Bonchev–Trinajstić information content (AvgIpc) is 2.53. The van der Waals surface area contributed by atoms with Gasteiger partial charge in [0.1, 0.15) is 0 Å². The number of hydrogen-bond donors (Lipinski definition) is 2. The van der Waals surface area contributed by atoms with Crippen molar-refractivity contribution in [3.63, 3.8) is 0 Å². The summed E-state index contributed by atoms with van der Waals surface area (Å²) in [6.07, 6.45) is 0. The first-order valence-electron chi connectivity index (χ1n) is 5.30. The molecule has 1 fully saturated rings. The number of nitrogens with one attached hydrogen (secondary N) is 1. The monoisotopic (exact) mass is 254 g/mol. The zero-order valence-corrected chi connectivity index (χ0v) is 9.98. The Kier molecular flexibility index (Phi) is 3.17. The van der Waals surface area contributed by atoms with Gasteiger partial charge in [-0.3, -0.25) is 4.79 Å². The highest BCUT2D eigenvalue weighted by Gasteiger charge is 2.36. The van der Waals surface area contributed by atoms with Gasteiger partial charge in [-0.25, -0.2) is 8.42 Å². The van der Waals surface area contributed by atoms with E-state index in [1.54, 1.807) is 24.3 Å². The first-order chi connectivity index (χ1) is 7.98. The predicted octanol–water partition coefficient (Wildman–Crippen LogP) is -0.459. The van der Waals surface area contributed by atoms with Crippen LogP contribution in [0.15, 0.2) is 30.3 Å². The summed E-state index contributed by atoms with van der Waals surface area (Å²) in [5.74, 6) is -0.428.